The van der Waals surface area contributed by atoms with E-state index in [1.807, 2.05) is 0 Å². The molecule has 1 N–H and O–H groups in total. The molecule has 8 heteroatoms. The summed E-state index contributed by atoms with van der Waals surface area (Å²) in [4.78, 5) is 36.7. The molecule has 3 aromatic rings. The molecule has 0 aromatic heterocycles. The number of hydrogen-bond donors (Lipinski definition) is 1. The first kappa shape index (κ1) is 21.4. The number of carbonyl (C=O) groups excluding carboxylic acids is 3. The van der Waals surface area contributed by atoms with Crippen LogP contribution in [0.1, 0.15) is 26.3 Å². The molecule has 1 amide bonds. The lowest BCUT2D eigenvalue weighted by atomic mass is 9.98. The van der Waals surface area contributed by atoms with Crippen molar-refractivity contribution >= 4 is 35.1 Å². The Hall–Kier alpha value is -3.84. The Bertz CT molecular complexity index is 1190. The highest BCUT2D eigenvalue weighted by Crippen LogP contribution is 2.33. The molecule has 0 aliphatic carbocycles. The van der Waals surface area contributed by atoms with Crippen molar-refractivity contribution in [3.05, 3.63) is 88.4 Å². The van der Waals surface area contributed by atoms with E-state index >= 15 is 0 Å². The van der Waals surface area contributed by atoms with Crippen LogP contribution in [-0.4, -0.2) is 31.1 Å². The first-order valence-electron chi connectivity index (χ1n) is 9.70. The number of ether oxygens (including phenoxy) is 3. The topological polar surface area (TPSA) is 90.9 Å². The van der Waals surface area contributed by atoms with Gasteiger partial charge in [-0.1, -0.05) is 29.8 Å². The summed E-state index contributed by atoms with van der Waals surface area (Å²) in [6.45, 7) is 0. The van der Waals surface area contributed by atoms with Crippen LogP contribution in [0.5, 0.6) is 11.5 Å². The first-order valence-corrected chi connectivity index (χ1v) is 10.1. The van der Waals surface area contributed by atoms with Crippen LogP contribution in [0.2, 0.25) is 5.02 Å². The maximum absolute atomic E-state index is 12.9. The highest BCUT2D eigenvalue weighted by atomic mass is 35.5. The van der Waals surface area contributed by atoms with Crippen LogP contribution in [0.4, 0.5) is 5.69 Å². The molecule has 0 unspecified atom stereocenters. The van der Waals surface area contributed by atoms with Gasteiger partial charge in [0.15, 0.2) is 11.9 Å². The zero-order valence-electron chi connectivity index (χ0n) is 17.0. The van der Waals surface area contributed by atoms with E-state index < -0.39 is 23.9 Å². The average molecular weight is 452 g/mol. The summed E-state index contributed by atoms with van der Waals surface area (Å²) in [7, 11) is 1.30. The van der Waals surface area contributed by atoms with Crippen molar-refractivity contribution in [2.24, 2.45) is 0 Å². The zero-order valence-corrected chi connectivity index (χ0v) is 17.7. The van der Waals surface area contributed by atoms with Crippen LogP contribution < -0.4 is 10.1 Å². The van der Waals surface area contributed by atoms with Crippen LogP contribution in [0.15, 0.2) is 66.7 Å². The number of halogens is 1. The van der Waals surface area contributed by atoms with Crippen LogP contribution in [0.3, 0.4) is 0 Å². The van der Waals surface area contributed by atoms with E-state index in [-0.39, 0.29) is 6.42 Å². The summed E-state index contributed by atoms with van der Waals surface area (Å²) < 4.78 is 15.9. The molecule has 0 radical (unpaired) electrons. The Morgan fingerprint density at radius 1 is 1.06 bits per heavy atom. The third-order valence-electron chi connectivity index (χ3n) is 4.89. The van der Waals surface area contributed by atoms with E-state index in [0.717, 1.165) is 5.56 Å². The molecule has 162 valence electrons. The number of anilines is 1. The summed E-state index contributed by atoms with van der Waals surface area (Å²) >= 11 is 6.11. The molecular formula is C24H18ClNO6. The van der Waals surface area contributed by atoms with Crippen LogP contribution in [0.25, 0.3) is 0 Å². The van der Waals surface area contributed by atoms with Gasteiger partial charge in [-0.2, -0.15) is 0 Å². The van der Waals surface area contributed by atoms with Gasteiger partial charge in [-0.25, -0.2) is 9.59 Å². The number of hydrogen-bond acceptors (Lipinski definition) is 6. The average Bonchev–Trinajstić information content (AvgIpc) is 2.80. The number of cyclic esters (lactones) is 1. The molecule has 0 saturated heterocycles. The van der Waals surface area contributed by atoms with E-state index in [0.29, 0.717) is 33.3 Å². The highest BCUT2D eigenvalue weighted by molar-refractivity contribution is 6.31. The lowest BCUT2D eigenvalue weighted by Crippen LogP contribution is -2.38. The van der Waals surface area contributed by atoms with E-state index in [1.165, 1.54) is 13.2 Å². The molecule has 1 aliphatic heterocycles. The SMILES string of the molecule is COC(=O)c1ccc(Oc2ccc(Cl)cc2NC(=O)[C@@H]2Cc3ccccc3C(=O)O2)cc1. The summed E-state index contributed by atoms with van der Waals surface area (Å²) in [6, 6.07) is 18.1. The molecule has 0 spiro atoms. The monoisotopic (exact) mass is 451 g/mol. The molecule has 0 fully saturated rings. The predicted octanol–water partition coefficient (Wildman–Crippen LogP) is 4.64. The van der Waals surface area contributed by atoms with Crippen molar-refractivity contribution in [2.45, 2.75) is 12.5 Å². The van der Waals surface area contributed by atoms with E-state index in [9.17, 15) is 14.4 Å². The second-order valence-corrected chi connectivity index (χ2v) is 7.44. The summed E-state index contributed by atoms with van der Waals surface area (Å²) in [5.74, 6) is -0.731. The largest absolute Gasteiger partial charge is 0.465 e. The number of nitrogens with one attached hydrogen (secondary N) is 1. The molecule has 1 atom stereocenters. The minimum absolute atomic E-state index is 0.263. The Labute approximate surface area is 188 Å². The van der Waals surface area contributed by atoms with Gasteiger partial charge in [-0.3, -0.25) is 4.79 Å². The molecule has 1 aliphatic rings. The smallest absolute Gasteiger partial charge is 0.339 e. The van der Waals surface area contributed by atoms with Gasteiger partial charge in [-0.15, -0.1) is 0 Å². The number of amides is 1. The van der Waals surface area contributed by atoms with Gasteiger partial charge in [0.25, 0.3) is 5.91 Å². The van der Waals surface area contributed by atoms with Gasteiger partial charge >= 0.3 is 11.9 Å². The molecule has 0 saturated carbocycles. The first-order chi connectivity index (χ1) is 15.4. The fraction of sp³-hybridized carbons (Fsp3) is 0.125. The molecule has 7 nitrogen and oxygen atoms in total. The number of carbonyl (C=O) groups is 3. The van der Waals surface area contributed by atoms with Crippen molar-refractivity contribution < 1.29 is 28.6 Å². The van der Waals surface area contributed by atoms with Crippen molar-refractivity contribution in [3.63, 3.8) is 0 Å². The Morgan fingerprint density at radius 2 is 1.81 bits per heavy atom. The van der Waals surface area contributed by atoms with Gasteiger partial charge in [0, 0.05) is 11.4 Å². The van der Waals surface area contributed by atoms with Crippen LogP contribution in [-0.2, 0) is 20.7 Å². The molecule has 32 heavy (non-hydrogen) atoms. The van der Waals surface area contributed by atoms with E-state index in [1.54, 1.807) is 60.7 Å². The van der Waals surface area contributed by atoms with Crippen LogP contribution >= 0.6 is 11.6 Å². The van der Waals surface area contributed by atoms with Gasteiger partial charge in [0.2, 0.25) is 0 Å². The Balaban J connectivity index is 1.52. The van der Waals surface area contributed by atoms with Crippen molar-refractivity contribution in [1.29, 1.82) is 0 Å². The molecule has 0 bridgehead atoms. The second-order valence-electron chi connectivity index (χ2n) is 7.00. The standard InChI is InChI=1S/C24H18ClNO6/c1-30-23(28)14-6-9-17(10-7-14)31-20-11-8-16(25)13-19(20)26-22(27)21-12-15-4-2-3-5-18(15)24(29)32-21/h2-11,13,21H,12H2,1H3,(H,26,27)/t21-/m0/s1. The summed E-state index contributed by atoms with van der Waals surface area (Å²) in [5, 5.41) is 3.12. The highest BCUT2D eigenvalue weighted by Gasteiger charge is 2.31. The molecule has 3 aromatic carbocycles. The minimum atomic E-state index is -0.983. The number of fused-ring (bicyclic) bond motifs is 1. The van der Waals surface area contributed by atoms with Crippen molar-refractivity contribution in [2.75, 3.05) is 12.4 Å². The number of esters is 2. The Morgan fingerprint density at radius 3 is 2.56 bits per heavy atom. The van der Waals surface area contributed by atoms with Gasteiger partial charge in [0.05, 0.1) is 23.9 Å². The third kappa shape index (κ3) is 4.58. The lowest BCUT2D eigenvalue weighted by Gasteiger charge is -2.24. The van der Waals surface area contributed by atoms with Gasteiger partial charge in [-0.05, 0) is 54.1 Å². The quantitative estimate of drug-likeness (QED) is 0.568. The van der Waals surface area contributed by atoms with Crippen molar-refractivity contribution in [1.82, 2.24) is 0 Å². The predicted molar refractivity (Wildman–Crippen MR) is 117 cm³/mol. The summed E-state index contributed by atoms with van der Waals surface area (Å²) in [5.41, 5.74) is 1.90. The lowest BCUT2D eigenvalue weighted by molar-refractivity contribution is -0.125. The maximum atomic E-state index is 12.9. The fourth-order valence-corrected chi connectivity index (χ4v) is 3.46. The second kappa shape index (κ2) is 9.11. The number of rotatable bonds is 5. The minimum Gasteiger partial charge on any atom is -0.465 e. The number of benzene rings is 3. The van der Waals surface area contributed by atoms with Crippen molar-refractivity contribution in [3.8, 4) is 11.5 Å². The van der Waals surface area contributed by atoms with Gasteiger partial charge in [0.1, 0.15) is 5.75 Å². The third-order valence-corrected chi connectivity index (χ3v) is 5.12. The zero-order chi connectivity index (χ0) is 22.7. The van der Waals surface area contributed by atoms with Gasteiger partial charge < -0.3 is 19.5 Å². The maximum Gasteiger partial charge on any atom is 0.339 e. The normalized spacial score (nSPS) is 14.7. The molecular weight excluding hydrogens is 434 g/mol. The number of methoxy groups -OCH3 is 1. The van der Waals surface area contributed by atoms with E-state index in [2.05, 4.69) is 10.1 Å². The Kier molecular flexibility index (Phi) is 6.09. The summed E-state index contributed by atoms with van der Waals surface area (Å²) in [6.07, 6.45) is -0.719. The van der Waals surface area contributed by atoms with Crippen LogP contribution in [0, 0.1) is 0 Å². The fourth-order valence-electron chi connectivity index (χ4n) is 3.28. The molecule has 4 rings (SSSR count). The molecule has 1 heterocycles. The van der Waals surface area contributed by atoms with E-state index in [4.69, 9.17) is 21.1 Å².